The van der Waals surface area contributed by atoms with Gasteiger partial charge in [0.05, 0.1) is 0 Å². The summed E-state index contributed by atoms with van der Waals surface area (Å²) in [5, 5.41) is 3.37. The lowest BCUT2D eigenvalue weighted by atomic mass is 10.3. The Bertz CT molecular complexity index is 436. The number of nitrogens with one attached hydrogen (secondary N) is 1. The summed E-state index contributed by atoms with van der Waals surface area (Å²) < 4.78 is 5.05. The predicted octanol–water partition coefficient (Wildman–Crippen LogP) is 0.828. The van der Waals surface area contributed by atoms with Crippen molar-refractivity contribution in [1.29, 1.82) is 0 Å². The maximum Gasteiger partial charge on any atom is 0.225 e. The monoisotopic (exact) mass is 420 g/mol. The summed E-state index contributed by atoms with van der Waals surface area (Å²) in [5.74, 6) is 1.76. The Morgan fingerprint density at radius 2 is 1.95 bits per heavy atom. The average Bonchev–Trinajstić information content (AvgIpc) is 2.56. The molecule has 1 N–H and O–H groups in total. The Morgan fingerprint density at radius 1 is 1.27 bits per heavy atom. The first kappa shape index (κ1) is 18.9. The summed E-state index contributed by atoms with van der Waals surface area (Å²) in [4.78, 5) is 17.4. The third-order valence-corrected chi connectivity index (χ3v) is 3.43. The SMILES string of the molecule is CN=C(NCCCOC)N1CCN(c2ncccn2)CC1.I. The Kier molecular flexibility index (Phi) is 9.05. The van der Waals surface area contributed by atoms with Gasteiger partial charge in [0, 0.05) is 65.9 Å². The second kappa shape index (κ2) is 10.5. The van der Waals surface area contributed by atoms with Crippen molar-refractivity contribution < 1.29 is 4.74 Å². The molecule has 0 amide bonds. The van der Waals surface area contributed by atoms with Crippen LogP contribution >= 0.6 is 24.0 Å². The molecular weight excluding hydrogens is 395 g/mol. The van der Waals surface area contributed by atoms with Gasteiger partial charge in [0.15, 0.2) is 5.96 Å². The van der Waals surface area contributed by atoms with Crippen LogP contribution in [0.3, 0.4) is 0 Å². The van der Waals surface area contributed by atoms with Crippen LogP contribution in [0.4, 0.5) is 5.95 Å². The topological polar surface area (TPSA) is 65.9 Å². The van der Waals surface area contributed by atoms with Crippen LogP contribution in [0.2, 0.25) is 0 Å². The first-order valence-corrected chi connectivity index (χ1v) is 7.31. The van der Waals surface area contributed by atoms with E-state index in [0.717, 1.165) is 57.7 Å². The molecule has 1 fully saturated rings. The molecule has 1 aromatic heterocycles. The molecule has 0 atom stereocenters. The molecule has 7 nitrogen and oxygen atoms in total. The lowest BCUT2D eigenvalue weighted by Gasteiger charge is -2.36. The van der Waals surface area contributed by atoms with Crippen molar-refractivity contribution in [1.82, 2.24) is 20.2 Å². The zero-order valence-electron chi connectivity index (χ0n) is 13.2. The first-order valence-electron chi connectivity index (χ1n) is 7.31. The van der Waals surface area contributed by atoms with E-state index in [9.17, 15) is 0 Å². The summed E-state index contributed by atoms with van der Waals surface area (Å²) >= 11 is 0. The van der Waals surface area contributed by atoms with Gasteiger partial charge in [-0.05, 0) is 12.5 Å². The smallest absolute Gasteiger partial charge is 0.225 e. The molecule has 8 heteroatoms. The van der Waals surface area contributed by atoms with Gasteiger partial charge >= 0.3 is 0 Å². The van der Waals surface area contributed by atoms with Crippen molar-refractivity contribution in [2.75, 3.05) is 58.4 Å². The maximum absolute atomic E-state index is 5.05. The second-order valence-electron chi connectivity index (χ2n) is 4.84. The second-order valence-corrected chi connectivity index (χ2v) is 4.84. The highest BCUT2D eigenvalue weighted by Crippen LogP contribution is 2.09. The standard InChI is InChI=1S/C14H24N6O.HI/c1-15-13(16-7-4-12-21-2)19-8-10-20(11-9-19)14-17-5-3-6-18-14;/h3,5-6H,4,7-12H2,1-2H3,(H,15,16);1H. The van der Waals surface area contributed by atoms with Gasteiger partial charge < -0.3 is 19.9 Å². The van der Waals surface area contributed by atoms with Gasteiger partial charge in [0.1, 0.15) is 0 Å². The maximum atomic E-state index is 5.05. The number of methoxy groups -OCH3 is 1. The van der Waals surface area contributed by atoms with Gasteiger partial charge in [-0.25, -0.2) is 9.97 Å². The summed E-state index contributed by atoms with van der Waals surface area (Å²) in [6.45, 7) is 5.29. The molecule has 0 spiro atoms. The van der Waals surface area contributed by atoms with Crippen molar-refractivity contribution in [2.45, 2.75) is 6.42 Å². The highest BCUT2D eigenvalue weighted by molar-refractivity contribution is 14.0. The van der Waals surface area contributed by atoms with Gasteiger partial charge in [0.2, 0.25) is 5.95 Å². The summed E-state index contributed by atoms with van der Waals surface area (Å²) in [6.07, 6.45) is 4.54. The van der Waals surface area contributed by atoms with E-state index in [1.807, 2.05) is 13.1 Å². The van der Waals surface area contributed by atoms with E-state index in [2.05, 4.69) is 30.1 Å². The van der Waals surface area contributed by atoms with Crippen LogP contribution in [0.15, 0.2) is 23.5 Å². The molecule has 1 saturated heterocycles. The molecule has 2 rings (SSSR count). The number of aliphatic imine (C=N–C) groups is 1. The number of hydrogen-bond acceptors (Lipinski definition) is 5. The number of guanidine groups is 1. The van der Waals surface area contributed by atoms with E-state index < -0.39 is 0 Å². The highest BCUT2D eigenvalue weighted by atomic mass is 127. The number of hydrogen-bond donors (Lipinski definition) is 1. The zero-order chi connectivity index (χ0) is 14.9. The number of anilines is 1. The first-order chi connectivity index (χ1) is 10.3. The highest BCUT2D eigenvalue weighted by Gasteiger charge is 2.20. The van der Waals surface area contributed by atoms with E-state index in [4.69, 9.17) is 4.74 Å². The van der Waals surface area contributed by atoms with Crippen molar-refractivity contribution in [3.8, 4) is 0 Å². The van der Waals surface area contributed by atoms with E-state index >= 15 is 0 Å². The molecule has 1 aliphatic heterocycles. The van der Waals surface area contributed by atoms with Gasteiger partial charge in [-0.15, -0.1) is 24.0 Å². The van der Waals surface area contributed by atoms with Crippen LogP contribution in [0, 0.1) is 0 Å². The molecule has 0 bridgehead atoms. The van der Waals surface area contributed by atoms with E-state index in [1.165, 1.54) is 0 Å². The summed E-state index contributed by atoms with van der Waals surface area (Å²) in [7, 11) is 3.55. The fourth-order valence-electron chi connectivity index (χ4n) is 2.32. The molecule has 0 unspecified atom stereocenters. The lowest BCUT2D eigenvalue weighted by Crippen LogP contribution is -2.53. The molecule has 1 aromatic rings. The van der Waals surface area contributed by atoms with Crippen molar-refractivity contribution in [2.24, 2.45) is 4.99 Å². The van der Waals surface area contributed by atoms with Crippen molar-refractivity contribution in [3.63, 3.8) is 0 Å². The number of nitrogens with zero attached hydrogens (tertiary/aromatic N) is 5. The Balaban J connectivity index is 0.00000242. The van der Waals surface area contributed by atoms with Crippen LogP contribution in [0.1, 0.15) is 6.42 Å². The van der Waals surface area contributed by atoms with Crippen LogP contribution < -0.4 is 10.2 Å². The molecule has 124 valence electrons. The fourth-order valence-corrected chi connectivity index (χ4v) is 2.32. The quantitative estimate of drug-likeness (QED) is 0.330. The molecule has 0 aliphatic carbocycles. The lowest BCUT2D eigenvalue weighted by molar-refractivity contribution is 0.195. The van der Waals surface area contributed by atoms with E-state index in [1.54, 1.807) is 19.5 Å². The zero-order valence-corrected chi connectivity index (χ0v) is 15.6. The summed E-state index contributed by atoms with van der Waals surface area (Å²) in [5.41, 5.74) is 0. The van der Waals surface area contributed by atoms with Crippen LogP contribution in [0.25, 0.3) is 0 Å². The van der Waals surface area contributed by atoms with Crippen molar-refractivity contribution >= 4 is 35.9 Å². The van der Waals surface area contributed by atoms with Crippen LogP contribution in [-0.2, 0) is 4.74 Å². The van der Waals surface area contributed by atoms with Crippen LogP contribution in [0.5, 0.6) is 0 Å². The Morgan fingerprint density at radius 3 is 2.55 bits per heavy atom. The molecule has 22 heavy (non-hydrogen) atoms. The Labute approximate surface area is 149 Å². The minimum atomic E-state index is 0. The largest absolute Gasteiger partial charge is 0.385 e. The van der Waals surface area contributed by atoms with Gasteiger partial charge in [0.25, 0.3) is 0 Å². The van der Waals surface area contributed by atoms with Crippen molar-refractivity contribution in [3.05, 3.63) is 18.5 Å². The molecule has 0 radical (unpaired) electrons. The molecule has 0 aromatic carbocycles. The Hall–Kier alpha value is -1.16. The summed E-state index contributed by atoms with van der Waals surface area (Å²) in [6, 6.07) is 1.84. The predicted molar refractivity (Wildman–Crippen MR) is 99.1 cm³/mol. The average molecular weight is 420 g/mol. The minimum Gasteiger partial charge on any atom is -0.385 e. The van der Waals surface area contributed by atoms with Gasteiger partial charge in [-0.3, -0.25) is 4.99 Å². The molecule has 2 heterocycles. The number of halogens is 1. The normalized spacial score (nSPS) is 15.5. The van der Waals surface area contributed by atoms with E-state index in [0.29, 0.717) is 0 Å². The number of ether oxygens (including phenoxy) is 1. The van der Waals surface area contributed by atoms with Gasteiger partial charge in [-0.2, -0.15) is 0 Å². The van der Waals surface area contributed by atoms with Gasteiger partial charge in [-0.1, -0.05) is 0 Å². The number of rotatable bonds is 5. The molecular formula is C14H25IN6O. The fraction of sp³-hybridized carbons (Fsp3) is 0.643. The molecule has 1 aliphatic rings. The number of aromatic nitrogens is 2. The molecule has 0 saturated carbocycles. The third-order valence-electron chi connectivity index (χ3n) is 3.43. The minimum absolute atomic E-state index is 0. The van der Waals surface area contributed by atoms with E-state index in [-0.39, 0.29) is 24.0 Å². The van der Waals surface area contributed by atoms with Crippen LogP contribution in [-0.4, -0.2) is 74.3 Å². The third kappa shape index (κ3) is 5.56. The number of piperazine rings is 1.